The SMILES string of the molecule is O=C1CC[C@H](N2Cc3cc(N4CCN(C5CCNCC5)CC4)ccc3C2=O)C(=O)N1. The van der Waals surface area contributed by atoms with E-state index in [0.29, 0.717) is 24.6 Å². The Morgan fingerprint density at radius 3 is 2.43 bits per heavy atom. The van der Waals surface area contributed by atoms with Crippen molar-refractivity contribution in [2.45, 2.75) is 44.3 Å². The number of hydrogen-bond acceptors (Lipinski definition) is 6. The summed E-state index contributed by atoms with van der Waals surface area (Å²) in [5, 5.41) is 5.80. The van der Waals surface area contributed by atoms with Crippen LogP contribution in [0.4, 0.5) is 5.69 Å². The summed E-state index contributed by atoms with van der Waals surface area (Å²) < 4.78 is 0. The van der Waals surface area contributed by atoms with Crippen LogP contribution in [0.15, 0.2) is 18.2 Å². The van der Waals surface area contributed by atoms with E-state index in [2.05, 4.69) is 26.5 Å². The van der Waals surface area contributed by atoms with E-state index in [4.69, 9.17) is 0 Å². The average molecular weight is 412 g/mol. The standard InChI is InChI=1S/C22H29N5O3/c28-20-4-3-19(21(29)24-20)27-14-15-13-17(1-2-18(15)22(27)30)26-11-9-25(10-12-26)16-5-7-23-8-6-16/h1-2,13,16,19,23H,3-12,14H2,(H,24,28,29)/t19-/m0/s1. The molecule has 30 heavy (non-hydrogen) atoms. The topological polar surface area (TPSA) is 85.0 Å². The minimum Gasteiger partial charge on any atom is -0.369 e. The van der Waals surface area contributed by atoms with Crippen LogP contribution in [0, 0.1) is 0 Å². The van der Waals surface area contributed by atoms with Crippen LogP contribution >= 0.6 is 0 Å². The van der Waals surface area contributed by atoms with E-state index >= 15 is 0 Å². The Balaban J connectivity index is 1.25. The number of benzene rings is 1. The Kier molecular flexibility index (Phi) is 5.20. The molecule has 0 radical (unpaired) electrons. The Morgan fingerprint density at radius 2 is 1.70 bits per heavy atom. The summed E-state index contributed by atoms with van der Waals surface area (Å²) in [4.78, 5) is 43.2. The monoisotopic (exact) mass is 411 g/mol. The van der Waals surface area contributed by atoms with Crippen LogP contribution in [0.5, 0.6) is 0 Å². The fourth-order valence-corrected chi connectivity index (χ4v) is 5.27. The zero-order valence-corrected chi connectivity index (χ0v) is 17.2. The lowest BCUT2D eigenvalue weighted by molar-refractivity contribution is -0.136. The van der Waals surface area contributed by atoms with Crippen molar-refractivity contribution in [2.24, 2.45) is 0 Å². The van der Waals surface area contributed by atoms with Crippen molar-refractivity contribution in [3.8, 4) is 0 Å². The molecule has 0 aliphatic carbocycles. The van der Waals surface area contributed by atoms with Gasteiger partial charge in [-0.15, -0.1) is 0 Å². The van der Waals surface area contributed by atoms with Gasteiger partial charge in [-0.1, -0.05) is 0 Å². The van der Waals surface area contributed by atoms with Crippen LogP contribution in [-0.2, 0) is 16.1 Å². The van der Waals surface area contributed by atoms with E-state index < -0.39 is 6.04 Å². The molecule has 0 spiro atoms. The third kappa shape index (κ3) is 3.58. The van der Waals surface area contributed by atoms with Crippen molar-refractivity contribution in [3.05, 3.63) is 29.3 Å². The minimum atomic E-state index is -0.556. The first-order valence-electron chi connectivity index (χ1n) is 11.1. The molecule has 1 aromatic rings. The lowest BCUT2D eigenvalue weighted by atomic mass is 10.0. The summed E-state index contributed by atoms with van der Waals surface area (Å²) in [6, 6.07) is 6.19. The first kappa shape index (κ1) is 19.5. The number of carbonyl (C=O) groups is 3. The number of piperidine rings is 2. The molecule has 0 bridgehead atoms. The average Bonchev–Trinajstić information content (AvgIpc) is 3.10. The van der Waals surface area contributed by atoms with Crippen LogP contribution in [-0.4, -0.2) is 78.9 Å². The number of piperazine rings is 1. The maximum Gasteiger partial charge on any atom is 0.255 e. The van der Waals surface area contributed by atoms with Gasteiger partial charge in [-0.25, -0.2) is 0 Å². The predicted octanol–water partition coefficient (Wildman–Crippen LogP) is 0.322. The highest BCUT2D eigenvalue weighted by Crippen LogP contribution is 2.31. The van der Waals surface area contributed by atoms with Crippen molar-refractivity contribution in [3.63, 3.8) is 0 Å². The molecule has 160 valence electrons. The van der Waals surface area contributed by atoms with E-state index in [-0.39, 0.29) is 24.1 Å². The lowest BCUT2D eigenvalue weighted by Crippen LogP contribution is -2.52. The molecular formula is C22H29N5O3. The highest BCUT2D eigenvalue weighted by atomic mass is 16.2. The first-order valence-corrected chi connectivity index (χ1v) is 11.1. The predicted molar refractivity (Wildman–Crippen MR) is 112 cm³/mol. The van der Waals surface area contributed by atoms with Crippen LogP contribution in [0.1, 0.15) is 41.6 Å². The van der Waals surface area contributed by atoms with Crippen molar-refractivity contribution >= 4 is 23.4 Å². The van der Waals surface area contributed by atoms with Gasteiger partial charge < -0.3 is 15.1 Å². The number of anilines is 1. The number of nitrogens with one attached hydrogen (secondary N) is 2. The van der Waals surface area contributed by atoms with E-state index in [1.165, 1.54) is 12.8 Å². The molecule has 3 amide bonds. The van der Waals surface area contributed by atoms with E-state index in [9.17, 15) is 14.4 Å². The van der Waals surface area contributed by atoms with E-state index in [0.717, 1.165) is 50.5 Å². The molecule has 3 fully saturated rings. The molecule has 3 saturated heterocycles. The molecule has 4 heterocycles. The third-order valence-corrected chi connectivity index (χ3v) is 7.01. The summed E-state index contributed by atoms with van der Waals surface area (Å²) in [5.74, 6) is -0.727. The number of fused-ring (bicyclic) bond motifs is 1. The second kappa shape index (κ2) is 8.00. The van der Waals surface area contributed by atoms with Gasteiger partial charge in [0.1, 0.15) is 6.04 Å². The van der Waals surface area contributed by atoms with Gasteiger partial charge in [0.05, 0.1) is 0 Å². The van der Waals surface area contributed by atoms with Gasteiger partial charge in [0.25, 0.3) is 5.91 Å². The van der Waals surface area contributed by atoms with Gasteiger partial charge in [0, 0.05) is 56.4 Å². The van der Waals surface area contributed by atoms with Gasteiger partial charge in [0.15, 0.2) is 0 Å². The molecule has 4 aliphatic heterocycles. The molecule has 8 nitrogen and oxygen atoms in total. The molecule has 0 saturated carbocycles. The zero-order chi connectivity index (χ0) is 20.7. The maximum absolute atomic E-state index is 12.9. The molecule has 0 unspecified atom stereocenters. The number of carbonyl (C=O) groups excluding carboxylic acids is 3. The summed E-state index contributed by atoms with van der Waals surface area (Å²) in [7, 11) is 0. The Labute approximate surface area is 176 Å². The molecule has 0 aromatic heterocycles. The van der Waals surface area contributed by atoms with Crippen molar-refractivity contribution in [1.82, 2.24) is 20.4 Å². The molecule has 5 rings (SSSR count). The second-order valence-corrected chi connectivity index (χ2v) is 8.75. The molecule has 2 N–H and O–H groups in total. The smallest absolute Gasteiger partial charge is 0.255 e. The fraction of sp³-hybridized carbons (Fsp3) is 0.591. The van der Waals surface area contributed by atoms with Gasteiger partial charge in [-0.05, 0) is 56.1 Å². The quantitative estimate of drug-likeness (QED) is 0.697. The second-order valence-electron chi connectivity index (χ2n) is 8.75. The maximum atomic E-state index is 12.9. The number of amides is 3. The van der Waals surface area contributed by atoms with Crippen LogP contribution < -0.4 is 15.5 Å². The molecular weight excluding hydrogens is 382 g/mol. The van der Waals surface area contributed by atoms with E-state index in [1.54, 1.807) is 4.90 Å². The van der Waals surface area contributed by atoms with Gasteiger partial charge >= 0.3 is 0 Å². The Bertz CT molecular complexity index is 858. The summed E-state index contributed by atoms with van der Waals surface area (Å²) in [6.45, 7) is 6.80. The molecule has 1 atom stereocenters. The van der Waals surface area contributed by atoms with Gasteiger partial charge in [0.2, 0.25) is 11.8 Å². The van der Waals surface area contributed by atoms with Crippen LogP contribution in [0.3, 0.4) is 0 Å². The van der Waals surface area contributed by atoms with Crippen LogP contribution in [0.25, 0.3) is 0 Å². The van der Waals surface area contributed by atoms with Gasteiger partial charge in [-0.2, -0.15) is 0 Å². The normalized spacial score (nSPS) is 26.1. The van der Waals surface area contributed by atoms with Crippen molar-refractivity contribution in [1.29, 1.82) is 0 Å². The fourth-order valence-electron chi connectivity index (χ4n) is 5.27. The minimum absolute atomic E-state index is 0.109. The van der Waals surface area contributed by atoms with Crippen molar-refractivity contribution in [2.75, 3.05) is 44.2 Å². The number of rotatable bonds is 3. The summed E-state index contributed by atoms with van der Waals surface area (Å²) in [5.41, 5.74) is 2.80. The highest BCUT2D eigenvalue weighted by Gasteiger charge is 2.39. The Hall–Kier alpha value is -2.45. The summed E-state index contributed by atoms with van der Waals surface area (Å²) >= 11 is 0. The lowest BCUT2D eigenvalue weighted by Gasteiger charge is -2.41. The van der Waals surface area contributed by atoms with Crippen molar-refractivity contribution < 1.29 is 14.4 Å². The molecule has 4 aliphatic rings. The zero-order valence-electron chi connectivity index (χ0n) is 17.2. The number of imide groups is 1. The third-order valence-electron chi connectivity index (χ3n) is 7.01. The summed E-state index contributed by atoms with van der Waals surface area (Å²) in [6.07, 6.45) is 3.15. The largest absolute Gasteiger partial charge is 0.369 e. The highest BCUT2D eigenvalue weighted by molar-refractivity contribution is 6.05. The van der Waals surface area contributed by atoms with E-state index in [1.807, 2.05) is 12.1 Å². The first-order chi connectivity index (χ1) is 14.6. The molecule has 8 heteroatoms. The number of hydrogen-bond donors (Lipinski definition) is 2. The number of nitrogens with zero attached hydrogens (tertiary/aromatic N) is 3. The Morgan fingerprint density at radius 1 is 0.933 bits per heavy atom. The van der Waals surface area contributed by atoms with Crippen LogP contribution in [0.2, 0.25) is 0 Å². The molecule has 1 aromatic carbocycles. The van der Waals surface area contributed by atoms with Gasteiger partial charge in [-0.3, -0.25) is 24.6 Å².